The predicted molar refractivity (Wildman–Crippen MR) is 86.0 cm³/mol. The molecule has 0 aromatic heterocycles. The molecule has 1 unspecified atom stereocenters. The molecule has 0 saturated carbocycles. The highest BCUT2D eigenvalue weighted by Gasteiger charge is 2.15. The van der Waals surface area contributed by atoms with Crippen molar-refractivity contribution < 1.29 is 14.2 Å². The Morgan fingerprint density at radius 2 is 1.90 bits per heavy atom. The maximum atomic E-state index is 5.84. The Hall–Kier alpha value is -1.10. The molecule has 0 aliphatic carbocycles. The maximum absolute atomic E-state index is 5.84. The monoisotopic (exact) mass is 295 g/mol. The molecule has 0 radical (unpaired) electrons. The van der Waals surface area contributed by atoms with Crippen molar-refractivity contribution >= 4 is 0 Å². The van der Waals surface area contributed by atoms with Gasteiger partial charge in [0.15, 0.2) is 0 Å². The van der Waals surface area contributed by atoms with E-state index < -0.39 is 0 Å². The SMILES string of the molecule is CCCNC(CCOCC)c1ccccc1OCCOC. The van der Waals surface area contributed by atoms with E-state index in [4.69, 9.17) is 14.2 Å². The van der Waals surface area contributed by atoms with Gasteiger partial charge in [-0.1, -0.05) is 25.1 Å². The molecule has 1 aromatic carbocycles. The molecular weight excluding hydrogens is 266 g/mol. The van der Waals surface area contributed by atoms with Gasteiger partial charge in [-0.2, -0.15) is 0 Å². The summed E-state index contributed by atoms with van der Waals surface area (Å²) < 4.78 is 16.4. The van der Waals surface area contributed by atoms with Crippen molar-refractivity contribution in [3.63, 3.8) is 0 Å². The molecule has 1 atom stereocenters. The summed E-state index contributed by atoms with van der Waals surface area (Å²) in [7, 11) is 1.68. The van der Waals surface area contributed by atoms with Crippen LogP contribution in [0.3, 0.4) is 0 Å². The topological polar surface area (TPSA) is 39.7 Å². The molecule has 0 aliphatic heterocycles. The molecule has 4 nitrogen and oxygen atoms in total. The molecule has 4 heteroatoms. The van der Waals surface area contributed by atoms with Crippen LogP contribution >= 0.6 is 0 Å². The number of hydrogen-bond acceptors (Lipinski definition) is 4. The Morgan fingerprint density at radius 3 is 2.62 bits per heavy atom. The molecular formula is C17H29NO3. The summed E-state index contributed by atoms with van der Waals surface area (Å²) in [6, 6.07) is 8.47. The molecule has 1 aromatic rings. The molecule has 0 aliphatic rings. The summed E-state index contributed by atoms with van der Waals surface area (Å²) in [4.78, 5) is 0. The minimum atomic E-state index is 0.259. The van der Waals surface area contributed by atoms with E-state index in [1.54, 1.807) is 7.11 Å². The Kier molecular flexibility index (Phi) is 9.87. The fourth-order valence-corrected chi connectivity index (χ4v) is 2.17. The minimum absolute atomic E-state index is 0.259. The lowest BCUT2D eigenvalue weighted by Crippen LogP contribution is -2.24. The number of ether oxygens (including phenoxy) is 3. The van der Waals surface area contributed by atoms with Gasteiger partial charge in [-0.3, -0.25) is 0 Å². The molecule has 0 heterocycles. The molecule has 0 saturated heterocycles. The number of para-hydroxylation sites is 1. The summed E-state index contributed by atoms with van der Waals surface area (Å²) in [6.45, 7) is 7.86. The van der Waals surface area contributed by atoms with Crippen LogP contribution in [0.4, 0.5) is 0 Å². The third-order valence-corrected chi connectivity index (χ3v) is 3.24. The van der Waals surface area contributed by atoms with Crippen LogP contribution in [0, 0.1) is 0 Å². The highest BCUT2D eigenvalue weighted by molar-refractivity contribution is 5.36. The average Bonchev–Trinajstić information content (AvgIpc) is 2.52. The molecule has 1 rings (SSSR count). The van der Waals surface area contributed by atoms with Crippen molar-refractivity contribution in [2.24, 2.45) is 0 Å². The van der Waals surface area contributed by atoms with Crippen molar-refractivity contribution in [2.45, 2.75) is 32.7 Å². The van der Waals surface area contributed by atoms with E-state index in [0.29, 0.717) is 13.2 Å². The lowest BCUT2D eigenvalue weighted by atomic mass is 10.0. The number of nitrogens with one attached hydrogen (secondary N) is 1. The Morgan fingerprint density at radius 1 is 1.10 bits per heavy atom. The van der Waals surface area contributed by atoms with Crippen molar-refractivity contribution in [3.05, 3.63) is 29.8 Å². The highest BCUT2D eigenvalue weighted by Crippen LogP contribution is 2.27. The normalized spacial score (nSPS) is 12.3. The lowest BCUT2D eigenvalue weighted by molar-refractivity contribution is 0.134. The summed E-state index contributed by atoms with van der Waals surface area (Å²) in [5.74, 6) is 0.930. The Balaban J connectivity index is 2.73. The van der Waals surface area contributed by atoms with Crippen LogP contribution in [0.5, 0.6) is 5.75 Å². The first-order valence-corrected chi connectivity index (χ1v) is 7.85. The molecule has 21 heavy (non-hydrogen) atoms. The zero-order valence-corrected chi connectivity index (χ0v) is 13.6. The third-order valence-electron chi connectivity index (χ3n) is 3.24. The van der Waals surface area contributed by atoms with E-state index in [-0.39, 0.29) is 6.04 Å². The van der Waals surface area contributed by atoms with Crippen LogP contribution in [-0.2, 0) is 9.47 Å². The van der Waals surface area contributed by atoms with Crippen molar-refractivity contribution in [3.8, 4) is 5.75 Å². The highest BCUT2D eigenvalue weighted by atomic mass is 16.5. The molecule has 0 fully saturated rings. The van der Waals surface area contributed by atoms with Gasteiger partial charge >= 0.3 is 0 Å². The van der Waals surface area contributed by atoms with Gasteiger partial charge in [-0.25, -0.2) is 0 Å². The van der Waals surface area contributed by atoms with Gasteiger partial charge in [0.05, 0.1) is 6.61 Å². The first-order chi connectivity index (χ1) is 10.3. The number of benzene rings is 1. The first kappa shape index (κ1) is 18.0. The zero-order chi connectivity index (χ0) is 15.3. The van der Waals surface area contributed by atoms with E-state index in [1.165, 1.54) is 5.56 Å². The van der Waals surface area contributed by atoms with E-state index in [9.17, 15) is 0 Å². The van der Waals surface area contributed by atoms with E-state index in [0.717, 1.165) is 38.3 Å². The maximum Gasteiger partial charge on any atom is 0.124 e. The van der Waals surface area contributed by atoms with Crippen molar-refractivity contribution in [2.75, 3.05) is 40.1 Å². The summed E-state index contributed by atoms with van der Waals surface area (Å²) in [5.41, 5.74) is 1.20. The second-order valence-electron chi connectivity index (χ2n) is 4.87. The number of rotatable bonds is 12. The predicted octanol–water partition coefficient (Wildman–Crippen LogP) is 3.18. The van der Waals surface area contributed by atoms with E-state index in [2.05, 4.69) is 24.4 Å². The van der Waals surface area contributed by atoms with Crippen LogP contribution in [0.25, 0.3) is 0 Å². The average molecular weight is 295 g/mol. The Bertz CT molecular complexity index is 371. The molecule has 0 amide bonds. The van der Waals surface area contributed by atoms with E-state index in [1.807, 2.05) is 19.1 Å². The van der Waals surface area contributed by atoms with Crippen LogP contribution in [0.1, 0.15) is 38.3 Å². The molecule has 0 spiro atoms. The van der Waals surface area contributed by atoms with Gasteiger partial charge in [0.2, 0.25) is 0 Å². The summed E-state index contributed by atoms with van der Waals surface area (Å²) in [6.07, 6.45) is 2.05. The van der Waals surface area contributed by atoms with Gasteiger partial charge in [-0.05, 0) is 32.4 Å². The van der Waals surface area contributed by atoms with Gasteiger partial charge < -0.3 is 19.5 Å². The summed E-state index contributed by atoms with van der Waals surface area (Å²) >= 11 is 0. The standard InChI is InChI=1S/C17H29NO3/c1-4-11-18-16(10-12-20-5-2)15-8-6-7-9-17(15)21-14-13-19-3/h6-9,16,18H,4-5,10-14H2,1-3H3. The van der Waals surface area contributed by atoms with Crippen molar-refractivity contribution in [1.82, 2.24) is 5.32 Å². The number of methoxy groups -OCH3 is 1. The van der Waals surface area contributed by atoms with Gasteiger partial charge in [0.25, 0.3) is 0 Å². The quantitative estimate of drug-likeness (QED) is 0.601. The lowest BCUT2D eigenvalue weighted by Gasteiger charge is -2.22. The largest absolute Gasteiger partial charge is 0.491 e. The van der Waals surface area contributed by atoms with Gasteiger partial charge in [-0.15, -0.1) is 0 Å². The summed E-state index contributed by atoms with van der Waals surface area (Å²) in [5, 5.41) is 3.58. The second kappa shape index (κ2) is 11.5. The van der Waals surface area contributed by atoms with Crippen molar-refractivity contribution in [1.29, 1.82) is 0 Å². The third kappa shape index (κ3) is 6.93. The van der Waals surface area contributed by atoms with Crippen LogP contribution in [0.2, 0.25) is 0 Å². The first-order valence-electron chi connectivity index (χ1n) is 7.85. The second-order valence-corrected chi connectivity index (χ2v) is 4.87. The molecule has 1 N–H and O–H groups in total. The fourth-order valence-electron chi connectivity index (χ4n) is 2.17. The molecule has 0 bridgehead atoms. The smallest absolute Gasteiger partial charge is 0.124 e. The number of hydrogen-bond donors (Lipinski definition) is 1. The van der Waals surface area contributed by atoms with Crippen LogP contribution < -0.4 is 10.1 Å². The zero-order valence-electron chi connectivity index (χ0n) is 13.6. The fraction of sp³-hybridized carbons (Fsp3) is 0.647. The molecule has 120 valence electrons. The van der Waals surface area contributed by atoms with Crippen LogP contribution in [-0.4, -0.2) is 40.1 Å². The minimum Gasteiger partial charge on any atom is -0.491 e. The van der Waals surface area contributed by atoms with E-state index >= 15 is 0 Å². The van der Waals surface area contributed by atoms with Gasteiger partial charge in [0.1, 0.15) is 12.4 Å². The van der Waals surface area contributed by atoms with Crippen LogP contribution in [0.15, 0.2) is 24.3 Å². The Labute approximate surface area is 128 Å². The van der Waals surface area contributed by atoms with Gasteiger partial charge in [0, 0.05) is 31.9 Å².